The Hall–Kier alpha value is -2.56. The summed E-state index contributed by atoms with van der Waals surface area (Å²) in [5.41, 5.74) is 2.63. The van der Waals surface area contributed by atoms with Crippen molar-refractivity contribution in [1.29, 1.82) is 0 Å². The number of aryl methyl sites for hydroxylation is 1. The summed E-state index contributed by atoms with van der Waals surface area (Å²) in [6, 6.07) is 7.61. The van der Waals surface area contributed by atoms with Crippen LogP contribution in [0.1, 0.15) is 17.0 Å². The molecule has 0 aliphatic carbocycles. The minimum atomic E-state index is -0.0529. The Balaban J connectivity index is 2.43. The highest BCUT2D eigenvalue weighted by molar-refractivity contribution is 5.68. The number of hydrogen-bond donors (Lipinski definition) is 0. The quantitative estimate of drug-likeness (QED) is 0.808. The molecule has 0 spiro atoms. The number of nitrogens with zero attached hydrogens (tertiary/aromatic N) is 2. The van der Waals surface area contributed by atoms with Crippen LogP contribution in [-0.2, 0) is 14.1 Å². The smallest absolute Gasteiger partial charge is 0.497 e. The summed E-state index contributed by atoms with van der Waals surface area (Å²) in [6.45, 7) is 1.91. The first-order valence-electron chi connectivity index (χ1n) is 6.94. The molecule has 1 aromatic carbocycles. The van der Waals surface area contributed by atoms with Crippen molar-refractivity contribution in [2.24, 2.45) is 14.1 Å². The standard InChI is InChI=1S/C17H21N2O3/c1-12-8-14(19(3)17(20)18(12)2)7-6-13-9-15(21-4)11-16(10-13)22-5/h6-11H,1-5H3/q+1/b7-6+. The van der Waals surface area contributed by atoms with Crippen molar-refractivity contribution in [3.8, 4) is 11.5 Å². The monoisotopic (exact) mass is 301 g/mol. The van der Waals surface area contributed by atoms with Gasteiger partial charge in [-0.25, -0.2) is 0 Å². The van der Waals surface area contributed by atoms with Crippen LogP contribution in [0.2, 0.25) is 0 Å². The second-order valence-electron chi connectivity index (χ2n) is 5.09. The maximum Gasteiger partial charge on any atom is 0.498 e. The van der Waals surface area contributed by atoms with Gasteiger partial charge in [-0.05, 0) is 30.7 Å². The lowest BCUT2D eigenvalue weighted by Gasteiger charge is -2.06. The first-order valence-corrected chi connectivity index (χ1v) is 6.94. The first-order chi connectivity index (χ1) is 10.5. The molecule has 0 radical (unpaired) electrons. The molecule has 0 aliphatic heterocycles. The molecule has 0 unspecified atom stereocenters. The second-order valence-corrected chi connectivity index (χ2v) is 5.09. The average molecular weight is 301 g/mol. The van der Waals surface area contributed by atoms with Crippen molar-refractivity contribution < 1.29 is 14.0 Å². The van der Waals surface area contributed by atoms with Gasteiger partial charge in [0.25, 0.3) is 0 Å². The molecule has 0 bridgehead atoms. The zero-order chi connectivity index (χ0) is 16.3. The minimum Gasteiger partial charge on any atom is -0.497 e. The third kappa shape index (κ3) is 3.19. The van der Waals surface area contributed by atoms with E-state index in [2.05, 4.69) is 0 Å². The van der Waals surface area contributed by atoms with Gasteiger partial charge in [0.2, 0.25) is 0 Å². The van der Waals surface area contributed by atoms with Gasteiger partial charge in [0.15, 0.2) is 0 Å². The summed E-state index contributed by atoms with van der Waals surface area (Å²) >= 11 is 0. The van der Waals surface area contributed by atoms with Gasteiger partial charge < -0.3 is 9.47 Å². The third-order valence-corrected chi connectivity index (χ3v) is 3.67. The molecule has 2 aromatic rings. The van der Waals surface area contributed by atoms with Crippen LogP contribution in [0, 0.1) is 6.92 Å². The second kappa shape index (κ2) is 6.47. The van der Waals surface area contributed by atoms with E-state index < -0.39 is 0 Å². The normalized spacial score (nSPS) is 11.0. The van der Waals surface area contributed by atoms with Crippen molar-refractivity contribution >= 4 is 12.2 Å². The summed E-state index contributed by atoms with van der Waals surface area (Å²) in [7, 11) is 6.75. The third-order valence-electron chi connectivity index (χ3n) is 3.67. The molecule has 1 heterocycles. The number of hydrogen-bond acceptors (Lipinski definition) is 3. The van der Waals surface area contributed by atoms with Gasteiger partial charge in [-0.15, -0.1) is 0 Å². The van der Waals surface area contributed by atoms with E-state index in [0.29, 0.717) is 0 Å². The van der Waals surface area contributed by atoms with Gasteiger partial charge in [0.1, 0.15) is 22.9 Å². The summed E-state index contributed by atoms with van der Waals surface area (Å²) < 4.78 is 13.7. The highest BCUT2D eigenvalue weighted by atomic mass is 16.5. The Kier molecular flexibility index (Phi) is 4.65. The van der Waals surface area contributed by atoms with Crippen LogP contribution in [0.3, 0.4) is 0 Å². The molecule has 0 aliphatic rings. The molecule has 2 rings (SSSR count). The van der Waals surface area contributed by atoms with Crippen LogP contribution in [0.15, 0.2) is 29.1 Å². The average Bonchev–Trinajstić information content (AvgIpc) is 2.54. The molecular weight excluding hydrogens is 280 g/mol. The van der Waals surface area contributed by atoms with Gasteiger partial charge in [-0.2, -0.15) is 13.9 Å². The minimum absolute atomic E-state index is 0.0529. The molecule has 0 amide bonds. The molecule has 1 aromatic heterocycles. The van der Waals surface area contributed by atoms with E-state index in [9.17, 15) is 4.79 Å². The molecule has 0 saturated carbocycles. The Bertz CT molecular complexity index is 754. The van der Waals surface area contributed by atoms with Crippen LogP contribution >= 0.6 is 0 Å². The van der Waals surface area contributed by atoms with E-state index in [4.69, 9.17) is 9.47 Å². The van der Waals surface area contributed by atoms with E-state index in [1.807, 2.05) is 43.3 Å². The van der Waals surface area contributed by atoms with Gasteiger partial charge in [0, 0.05) is 12.1 Å². The Morgan fingerprint density at radius 1 is 1.05 bits per heavy atom. The Morgan fingerprint density at radius 2 is 1.64 bits per heavy atom. The molecule has 0 N–H and O–H groups in total. The molecule has 116 valence electrons. The van der Waals surface area contributed by atoms with E-state index >= 15 is 0 Å². The van der Waals surface area contributed by atoms with Crippen LogP contribution in [0.4, 0.5) is 0 Å². The Labute approximate surface area is 130 Å². The number of ether oxygens (including phenoxy) is 2. The fourth-order valence-corrected chi connectivity index (χ4v) is 2.16. The van der Waals surface area contributed by atoms with E-state index in [1.54, 1.807) is 37.4 Å². The van der Waals surface area contributed by atoms with Gasteiger partial charge >= 0.3 is 5.69 Å². The fraction of sp³-hybridized carbons (Fsp3) is 0.294. The Morgan fingerprint density at radius 3 is 2.18 bits per heavy atom. The summed E-state index contributed by atoms with van der Waals surface area (Å²) in [5, 5.41) is 0. The van der Waals surface area contributed by atoms with Gasteiger partial charge in [-0.3, -0.25) is 0 Å². The number of benzene rings is 1. The zero-order valence-corrected chi connectivity index (χ0v) is 13.6. The van der Waals surface area contributed by atoms with Crippen LogP contribution in [-0.4, -0.2) is 18.8 Å². The maximum absolute atomic E-state index is 12.1. The van der Waals surface area contributed by atoms with Crippen molar-refractivity contribution in [3.05, 3.63) is 51.7 Å². The van der Waals surface area contributed by atoms with Crippen molar-refractivity contribution in [3.63, 3.8) is 0 Å². The summed E-state index contributed by atoms with van der Waals surface area (Å²) in [4.78, 5) is 12.1. The molecule has 22 heavy (non-hydrogen) atoms. The van der Waals surface area contributed by atoms with E-state index in [1.165, 1.54) is 0 Å². The van der Waals surface area contributed by atoms with Crippen molar-refractivity contribution in [2.45, 2.75) is 6.92 Å². The van der Waals surface area contributed by atoms with Crippen molar-refractivity contribution in [2.75, 3.05) is 14.2 Å². The van der Waals surface area contributed by atoms with E-state index in [-0.39, 0.29) is 5.69 Å². The lowest BCUT2D eigenvalue weighted by Crippen LogP contribution is -2.53. The topological polar surface area (TPSA) is 44.3 Å². The molecule has 0 fully saturated rings. The fourth-order valence-electron chi connectivity index (χ4n) is 2.16. The number of rotatable bonds is 4. The summed E-state index contributed by atoms with van der Waals surface area (Å²) in [6.07, 6.45) is 3.84. The predicted molar refractivity (Wildman–Crippen MR) is 86.1 cm³/mol. The first kappa shape index (κ1) is 15.8. The van der Waals surface area contributed by atoms with Crippen molar-refractivity contribution in [1.82, 2.24) is 4.57 Å². The largest absolute Gasteiger partial charge is 0.498 e. The molecule has 0 saturated heterocycles. The maximum atomic E-state index is 12.1. The lowest BCUT2D eigenvalue weighted by molar-refractivity contribution is -0.692. The lowest BCUT2D eigenvalue weighted by atomic mass is 10.1. The van der Waals surface area contributed by atoms with Crippen LogP contribution in [0.5, 0.6) is 11.5 Å². The van der Waals surface area contributed by atoms with Gasteiger partial charge in [0.05, 0.1) is 28.3 Å². The molecular formula is C17H21N2O3+. The molecule has 5 heteroatoms. The van der Waals surface area contributed by atoms with Crippen LogP contribution < -0.4 is 19.7 Å². The predicted octanol–water partition coefficient (Wildman–Crippen LogP) is 1.71. The highest BCUT2D eigenvalue weighted by Gasteiger charge is 2.11. The summed E-state index contributed by atoms with van der Waals surface area (Å²) in [5.74, 6) is 1.45. The van der Waals surface area contributed by atoms with Gasteiger partial charge in [-0.1, -0.05) is 6.08 Å². The van der Waals surface area contributed by atoms with E-state index in [0.717, 1.165) is 28.5 Å². The number of aromatic nitrogens is 2. The molecule has 5 nitrogen and oxygen atoms in total. The van der Waals surface area contributed by atoms with Crippen LogP contribution in [0.25, 0.3) is 12.2 Å². The molecule has 0 atom stereocenters. The number of methoxy groups -OCH3 is 2. The highest BCUT2D eigenvalue weighted by Crippen LogP contribution is 2.23. The zero-order valence-electron chi connectivity index (χ0n) is 13.6. The SMILES string of the molecule is COc1cc(/C=C/c2cc(C)n(C)c(=O)[n+]2C)cc(OC)c1.